The normalized spacial score (nSPS) is 20.5. The molecule has 0 heterocycles. The largest absolute Gasteiger partial charge is 0.328 e. The zero-order valence-corrected chi connectivity index (χ0v) is 8.59. The van der Waals surface area contributed by atoms with E-state index in [-0.39, 0.29) is 6.04 Å². The maximum absolute atomic E-state index is 11.4. The fourth-order valence-corrected chi connectivity index (χ4v) is 2.03. The van der Waals surface area contributed by atoms with E-state index in [1.54, 1.807) is 0 Å². The molecule has 2 N–H and O–H groups in total. The molecule has 0 aromatic carbocycles. The Morgan fingerprint density at radius 3 is 2.62 bits per heavy atom. The first-order valence-corrected chi connectivity index (χ1v) is 5.45. The smallest absolute Gasteiger partial charge is 0.133 e. The van der Waals surface area contributed by atoms with Crippen LogP contribution < -0.4 is 5.73 Å². The first-order chi connectivity index (χ1) is 6.18. The molecule has 76 valence electrons. The molecule has 13 heavy (non-hydrogen) atoms. The second-order valence-corrected chi connectivity index (χ2v) is 4.41. The fraction of sp³-hybridized carbons (Fsp3) is 0.909. The Labute approximate surface area is 80.9 Å². The van der Waals surface area contributed by atoms with Gasteiger partial charge in [-0.05, 0) is 19.3 Å². The van der Waals surface area contributed by atoms with Crippen LogP contribution in [0.4, 0.5) is 0 Å². The first kappa shape index (κ1) is 10.7. The maximum atomic E-state index is 11.4. The Hall–Kier alpha value is -0.370. The van der Waals surface area contributed by atoms with Crippen molar-refractivity contribution in [1.29, 1.82) is 0 Å². The van der Waals surface area contributed by atoms with E-state index in [0.717, 1.165) is 12.8 Å². The van der Waals surface area contributed by atoms with Crippen molar-refractivity contribution in [3.63, 3.8) is 0 Å². The van der Waals surface area contributed by atoms with Crippen LogP contribution in [0.25, 0.3) is 0 Å². The summed E-state index contributed by atoms with van der Waals surface area (Å²) >= 11 is 0. The number of rotatable bonds is 5. The standard InChI is InChI=1S/C11H21NO/c1-9(12)6-7-11(13)8-10-4-2-3-5-10/h9-10H,2-8,12H2,1H3. The third-order valence-corrected chi connectivity index (χ3v) is 2.87. The summed E-state index contributed by atoms with van der Waals surface area (Å²) in [7, 11) is 0. The summed E-state index contributed by atoms with van der Waals surface area (Å²) in [6.45, 7) is 1.96. The van der Waals surface area contributed by atoms with Gasteiger partial charge in [-0.3, -0.25) is 4.79 Å². The SMILES string of the molecule is CC(N)CCC(=O)CC1CCCC1. The average Bonchev–Trinajstić information content (AvgIpc) is 2.53. The van der Waals surface area contributed by atoms with Gasteiger partial charge in [-0.25, -0.2) is 0 Å². The van der Waals surface area contributed by atoms with Crippen molar-refractivity contribution in [2.24, 2.45) is 11.7 Å². The minimum Gasteiger partial charge on any atom is -0.328 e. The molecule has 0 bridgehead atoms. The van der Waals surface area contributed by atoms with Gasteiger partial charge in [-0.1, -0.05) is 25.7 Å². The van der Waals surface area contributed by atoms with Crippen LogP contribution in [-0.4, -0.2) is 11.8 Å². The van der Waals surface area contributed by atoms with Crippen LogP contribution in [-0.2, 0) is 4.79 Å². The zero-order valence-electron chi connectivity index (χ0n) is 8.59. The van der Waals surface area contributed by atoms with E-state index in [0.29, 0.717) is 18.1 Å². The molecule has 1 saturated carbocycles. The van der Waals surface area contributed by atoms with Crippen LogP contribution in [0.15, 0.2) is 0 Å². The summed E-state index contributed by atoms with van der Waals surface area (Å²) in [4.78, 5) is 11.4. The van der Waals surface area contributed by atoms with Gasteiger partial charge >= 0.3 is 0 Å². The Kier molecular flexibility index (Phi) is 4.43. The van der Waals surface area contributed by atoms with Gasteiger partial charge in [-0.15, -0.1) is 0 Å². The van der Waals surface area contributed by atoms with Gasteiger partial charge < -0.3 is 5.73 Å². The highest BCUT2D eigenvalue weighted by atomic mass is 16.1. The molecule has 2 nitrogen and oxygen atoms in total. The molecule has 1 atom stereocenters. The van der Waals surface area contributed by atoms with Gasteiger partial charge in [0, 0.05) is 18.9 Å². The van der Waals surface area contributed by atoms with Crippen molar-refractivity contribution in [2.45, 2.75) is 57.9 Å². The van der Waals surface area contributed by atoms with Crippen LogP contribution in [0.1, 0.15) is 51.9 Å². The molecule has 0 saturated heterocycles. The maximum Gasteiger partial charge on any atom is 0.133 e. The molecule has 1 fully saturated rings. The second-order valence-electron chi connectivity index (χ2n) is 4.41. The van der Waals surface area contributed by atoms with E-state index in [4.69, 9.17) is 5.73 Å². The fourth-order valence-electron chi connectivity index (χ4n) is 2.03. The summed E-state index contributed by atoms with van der Waals surface area (Å²) in [6.07, 6.45) is 7.54. The molecule has 0 radical (unpaired) electrons. The van der Waals surface area contributed by atoms with Crippen molar-refractivity contribution < 1.29 is 4.79 Å². The third-order valence-electron chi connectivity index (χ3n) is 2.87. The molecule has 1 aliphatic carbocycles. The number of nitrogens with two attached hydrogens (primary N) is 1. The number of carbonyl (C=O) groups excluding carboxylic acids is 1. The topological polar surface area (TPSA) is 43.1 Å². The quantitative estimate of drug-likeness (QED) is 0.710. The summed E-state index contributed by atoms with van der Waals surface area (Å²) in [6, 6.07) is 0.174. The summed E-state index contributed by atoms with van der Waals surface area (Å²) < 4.78 is 0. The van der Waals surface area contributed by atoms with Crippen LogP contribution in [0.3, 0.4) is 0 Å². The van der Waals surface area contributed by atoms with E-state index >= 15 is 0 Å². The lowest BCUT2D eigenvalue weighted by Crippen LogP contribution is -2.17. The van der Waals surface area contributed by atoms with Crippen molar-refractivity contribution >= 4 is 5.78 Å². The summed E-state index contributed by atoms with van der Waals surface area (Å²) in [5.74, 6) is 1.12. The molecule has 1 rings (SSSR count). The van der Waals surface area contributed by atoms with E-state index in [2.05, 4.69) is 0 Å². The molecule has 0 aromatic heterocycles. The number of hydrogen-bond donors (Lipinski definition) is 1. The highest BCUT2D eigenvalue weighted by Crippen LogP contribution is 2.28. The second kappa shape index (κ2) is 5.38. The number of Topliss-reactive ketones (excluding diaryl/α,β-unsaturated/α-hetero) is 1. The van der Waals surface area contributed by atoms with Crippen molar-refractivity contribution in [1.82, 2.24) is 0 Å². The predicted octanol–water partition coefficient (Wildman–Crippen LogP) is 2.26. The molecular formula is C11H21NO. The monoisotopic (exact) mass is 183 g/mol. The molecule has 1 aliphatic rings. The van der Waals surface area contributed by atoms with Crippen molar-refractivity contribution in [2.75, 3.05) is 0 Å². The van der Waals surface area contributed by atoms with E-state index in [9.17, 15) is 4.79 Å². The number of hydrogen-bond acceptors (Lipinski definition) is 2. The molecule has 0 amide bonds. The Morgan fingerprint density at radius 1 is 1.46 bits per heavy atom. The zero-order chi connectivity index (χ0) is 9.68. The highest BCUT2D eigenvalue weighted by molar-refractivity contribution is 5.78. The number of carbonyl (C=O) groups is 1. The lowest BCUT2D eigenvalue weighted by molar-refractivity contribution is -0.120. The van der Waals surface area contributed by atoms with Crippen LogP contribution >= 0.6 is 0 Å². The van der Waals surface area contributed by atoms with Gasteiger partial charge in [0.1, 0.15) is 5.78 Å². The van der Waals surface area contributed by atoms with Gasteiger partial charge in [0.2, 0.25) is 0 Å². The van der Waals surface area contributed by atoms with Crippen LogP contribution in [0.2, 0.25) is 0 Å². The Bertz CT molecular complexity index is 159. The minimum atomic E-state index is 0.174. The van der Waals surface area contributed by atoms with Crippen LogP contribution in [0.5, 0.6) is 0 Å². The van der Waals surface area contributed by atoms with Crippen molar-refractivity contribution in [3.8, 4) is 0 Å². The Balaban J connectivity index is 2.09. The molecule has 0 spiro atoms. The van der Waals surface area contributed by atoms with Crippen LogP contribution in [0, 0.1) is 5.92 Å². The lowest BCUT2D eigenvalue weighted by Gasteiger charge is -2.08. The molecular weight excluding hydrogens is 162 g/mol. The first-order valence-electron chi connectivity index (χ1n) is 5.45. The van der Waals surface area contributed by atoms with E-state index in [1.165, 1.54) is 25.7 Å². The van der Waals surface area contributed by atoms with Gasteiger partial charge in [0.25, 0.3) is 0 Å². The highest BCUT2D eigenvalue weighted by Gasteiger charge is 2.18. The summed E-state index contributed by atoms with van der Waals surface area (Å²) in [5.41, 5.74) is 5.60. The number of ketones is 1. The lowest BCUT2D eigenvalue weighted by atomic mass is 9.98. The van der Waals surface area contributed by atoms with Gasteiger partial charge in [0.05, 0.1) is 0 Å². The molecule has 1 unspecified atom stereocenters. The van der Waals surface area contributed by atoms with E-state index in [1.807, 2.05) is 6.92 Å². The Morgan fingerprint density at radius 2 is 2.08 bits per heavy atom. The molecule has 2 heteroatoms. The van der Waals surface area contributed by atoms with Gasteiger partial charge in [0.15, 0.2) is 0 Å². The van der Waals surface area contributed by atoms with Crippen molar-refractivity contribution in [3.05, 3.63) is 0 Å². The summed E-state index contributed by atoms with van der Waals surface area (Å²) in [5, 5.41) is 0. The average molecular weight is 183 g/mol. The van der Waals surface area contributed by atoms with E-state index < -0.39 is 0 Å². The molecule has 0 aliphatic heterocycles. The third kappa shape index (κ3) is 4.41. The molecule has 0 aromatic rings. The predicted molar refractivity (Wildman–Crippen MR) is 54.5 cm³/mol. The minimum absolute atomic E-state index is 0.174. The van der Waals surface area contributed by atoms with Gasteiger partial charge in [-0.2, -0.15) is 0 Å².